The second-order valence-electron chi connectivity index (χ2n) is 7.24. The molecule has 33 heavy (non-hydrogen) atoms. The number of hydrogen-bond donors (Lipinski definition) is 0. The van der Waals surface area contributed by atoms with E-state index in [9.17, 15) is 9.59 Å². The molecule has 0 aliphatic heterocycles. The van der Waals surface area contributed by atoms with Gasteiger partial charge in [0.25, 0.3) is 0 Å². The molecule has 2 nitrogen and oxygen atoms in total. The molecular weight excluding hydrogens is 608 g/mol. The zero-order valence-corrected chi connectivity index (χ0v) is 22.4. The number of alkyl halides is 1. The number of hydrogen-bond acceptors (Lipinski definition) is 2. The van der Waals surface area contributed by atoms with Crippen molar-refractivity contribution >= 4 is 59.4 Å². The fraction of sp³-hybridized carbons (Fsp3) is 0.0714. The van der Waals surface area contributed by atoms with Gasteiger partial charge in [-0.1, -0.05) is 133 Å². The first-order chi connectivity index (χ1) is 15.9. The summed E-state index contributed by atoms with van der Waals surface area (Å²) in [6.45, 7) is 0. The summed E-state index contributed by atoms with van der Waals surface area (Å²) >= 11 is 10.2. The smallest absolute Gasteiger partial charge is 0.180 e. The predicted octanol–water partition coefficient (Wildman–Crippen LogP) is 8.64. The molecule has 0 bridgehead atoms. The van der Waals surface area contributed by atoms with E-state index in [-0.39, 0.29) is 16.4 Å². The number of benzene rings is 4. The van der Waals surface area contributed by atoms with E-state index in [1.165, 1.54) is 0 Å². The van der Waals surface area contributed by atoms with Crippen LogP contribution >= 0.6 is 47.8 Å². The summed E-state index contributed by atoms with van der Waals surface area (Å²) in [5.74, 6) is 0.232. The summed E-state index contributed by atoms with van der Waals surface area (Å²) < 4.78 is 2.04. The molecular formula is C28H21Br3O2. The minimum atomic E-state index is -0.294. The minimum absolute atomic E-state index is 0.0768. The minimum Gasteiger partial charge on any atom is -0.294 e. The number of carbonyl (C=O) groups excluding carboxylic acids is 2. The van der Waals surface area contributed by atoms with Gasteiger partial charge in [-0.3, -0.25) is 9.59 Å². The van der Waals surface area contributed by atoms with Gasteiger partial charge in [-0.2, -0.15) is 0 Å². The summed E-state index contributed by atoms with van der Waals surface area (Å²) in [4.78, 5) is 23.8. The second kappa shape index (κ2) is 12.8. The lowest BCUT2D eigenvalue weighted by Gasteiger charge is -2.09. The Balaban J connectivity index is 0.000000186. The predicted molar refractivity (Wildman–Crippen MR) is 145 cm³/mol. The molecule has 0 spiro atoms. The van der Waals surface area contributed by atoms with Gasteiger partial charge in [0, 0.05) is 26.5 Å². The van der Waals surface area contributed by atoms with Crippen molar-refractivity contribution in [2.24, 2.45) is 0 Å². The van der Waals surface area contributed by atoms with E-state index in [1.54, 1.807) is 0 Å². The summed E-state index contributed by atoms with van der Waals surface area (Å²) in [5, 5.41) is 0. The van der Waals surface area contributed by atoms with Gasteiger partial charge in [-0.05, 0) is 35.4 Å². The topological polar surface area (TPSA) is 34.1 Å². The van der Waals surface area contributed by atoms with E-state index in [4.69, 9.17) is 0 Å². The Hall–Kier alpha value is -2.34. The first-order valence-corrected chi connectivity index (χ1v) is 12.8. The van der Waals surface area contributed by atoms with E-state index in [2.05, 4.69) is 47.8 Å². The van der Waals surface area contributed by atoms with Crippen molar-refractivity contribution in [3.05, 3.63) is 140 Å². The molecule has 0 radical (unpaired) electrons. The Morgan fingerprint density at radius 2 is 1.06 bits per heavy atom. The van der Waals surface area contributed by atoms with Gasteiger partial charge in [0.2, 0.25) is 0 Å². The van der Waals surface area contributed by atoms with E-state index in [1.807, 2.05) is 109 Å². The summed E-state index contributed by atoms with van der Waals surface area (Å²) in [7, 11) is 0. The van der Waals surface area contributed by atoms with Crippen LogP contribution in [0.3, 0.4) is 0 Å². The van der Waals surface area contributed by atoms with Crippen LogP contribution in [0.1, 0.15) is 36.7 Å². The molecule has 0 fully saturated rings. The third-order valence-electron chi connectivity index (χ3n) is 4.82. The van der Waals surface area contributed by atoms with Crippen LogP contribution in [0.15, 0.2) is 118 Å². The molecule has 0 heterocycles. The molecule has 4 aromatic carbocycles. The molecule has 1 unspecified atom stereocenters. The summed E-state index contributed by atoms with van der Waals surface area (Å²) in [5.41, 5.74) is 3.49. The summed E-state index contributed by atoms with van der Waals surface area (Å²) in [6, 6.07) is 34.2. The molecule has 5 heteroatoms. The highest BCUT2D eigenvalue weighted by atomic mass is 79.9. The zero-order valence-electron chi connectivity index (χ0n) is 17.6. The second-order valence-corrected chi connectivity index (χ2v) is 9.98. The van der Waals surface area contributed by atoms with Gasteiger partial charge in [-0.15, -0.1) is 0 Å². The van der Waals surface area contributed by atoms with E-state index in [0.29, 0.717) is 6.42 Å². The maximum absolute atomic E-state index is 12.2. The van der Waals surface area contributed by atoms with Crippen molar-refractivity contribution < 1.29 is 9.59 Å². The number of Topliss-reactive ketones (excluding diaryl/α,β-unsaturated/α-hetero) is 2. The fourth-order valence-electron chi connectivity index (χ4n) is 3.05. The van der Waals surface area contributed by atoms with Crippen LogP contribution in [-0.2, 0) is 6.42 Å². The van der Waals surface area contributed by atoms with E-state index in [0.717, 1.165) is 31.2 Å². The van der Waals surface area contributed by atoms with Crippen LogP contribution in [-0.4, -0.2) is 11.6 Å². The zero-order chi connectivity index (χ0) is 23.6. The number of rotatable bonds is 6. The molecule has 0 N–H and O–H groups in total. The maximum atomic E-state index is 12.2. The van der Waals surface area contributed by atoms with Crippen molar-refractivity contribution in [2.45, 2.75) is 11.2 Å². The van der Waals surface area contributed by atoms with Gasteiger partial charge >= 0.3 is 0 Å². The van der Waals surface area contributed by atoms with Gasteiger partial charge < -0.3 is 0 Å². The Morgan fingerprint density at radius 1 is 0.606 bits per heavy atom. The largest absolute Gasteiger partial charge is 0.294 e. The molecule has 1 atom stereocenters. The Kier molecular flexibility index (Phi) is 9.79. The molecule has 0 amide bonds. The van der Waals surface area contributed by atoms with E-state index < -0.39 is 0 Å². The molecule has 0 saturated heterocycles. The molecule has 0 aliphatic carbocycles. The van der Waals surface area contributed by atoms with Crippen LogP contribution in [0.5, 0.6) is 0 Å². The van der Waals surface area contributed by atoms with Crippen LogP contribution in [0.25, 0.3) is 0 Å². The Labute approximate surface area is 219 Å². The highest BCUT2D eigenvalue weighted by molar-refractivity contribution is 9.10. The number of ketones is 2. The lowest BCUT2D eigenvalue weighted by atomic mass is 10.0. The summed E-state index contributed by atoms with van der Waals surface area (Å²) in [6.07, 6.45) is 0.456. The van der Waals surface area contributed by atoms with Crippen LogP contribution < -0.4 is 0 Å². The van der Waals surface area contributed by atoms with Gasteiger partial charge in [0.15, 0.2) is 11.6 Å². The van der Waals surface area contributed by atoms with Crippen LogP contribution in [0.2, 0.25) is 0 Å². The van der Waals surface area contributed by atoms with Crippen molar-refractivity contribution in [1.82, 2.24) is 0 Å². The highest BCUT2D eigenvalue weighted by Gasteiger charge is 2.18. The first-order valence-electron chi connectivity index (χ1n) is 10.3. The lowest BCUT2D eigenvalue weighted by molar-refractivity contribution is 0.0984. The number of halogens is 3. The highest BCUT2D eigenvalue weighted by Crippen LogP contribution is 2.28. The first kappa shape index (κ1) is 25.3. The van der Waals surface area contributed by atoms with Crippen molar-refractivity contribution in [2.75, 3.05) is 0 Å². The van der Waals surface area contributed by atoms with Crippen molar-refractivity contribution in [3.8, 4) is 0 Å². The maximum Gasteiger partial charge on any atom is 0.180 e. The third kappa shape index (κ3) is 7.88. The van der Waals surface area contributed by atoms with E-state index >= 15 is 0 Å². The van der Waals surface area contributed by atoms with Crippen LogP contribution in [0.4, 0.5) is 0 Å². The molecule has 166 valence electrons. The van der Waals surface area contributed by atoms with Crippen molar-refractivity contribution in [1.29, 1.82) is 0 Å². The molecule has 0 saturated carbocycles. The molecule has 0 aliphatic rings. The standard InChI is InChI=1S/C14H10Br2O.C14H11BrO/c15-12-8-6-10(7-9-12)13(16)14(17)11-4-2-1-3-5-11;15-13-8-6-11(7-9-13)10-14(16)12-4-2-1-3-5-12/h1-9,13H;1-9H,10H2. The van der Waals surface area contributed by atoms with Gasteiger partial charge in [0.1, 0.15) is 4.83 Å². The third-order valence-corrected chi connectivity index (χ3v) is 6.83. The Morgan fingerprint density at radius 3 is 1.58 bits per heavy atom. The molecule has 4 rings (SSSR count). The van der Waals surface area contributed by atoms with Crippen molar-refractivity contribution in [3.63, 3.8) is 0 Å². The average molecular weight is 629 g/mol. The fourth-order valence-corrected chi connectivity index (χ4v) is 4.14. The normalized spacial score (nSPS) is 11.1. The van der Waals surface area contributed by atoms with Gasteiger partial charge in [-0.25, -0.2) is 0 Å². The lowest BCUT2D eigenvalue weighted by Crippen LogP contribution is -2.06. The van der Waals surface area contributed by atoms with Crippen LogP contribution in [0, 0.1) is 0 Å². The average Bonchev–Trinajstić information content (AvgIpc) is 2.86. The monoisotopic (exact) mass is 626 g/mol. The molecule has 4 aromatic rings. The SMILES string of the molecule is O=C(Cc1ccc(Br)cc1)c1ccccc1.O=C(c1ccccc1)C(Br)c1ccc(Br)cc1. The van der Waals surface area contributed by atoms with Gasteiger partial charge in [0.05, 0.1) is 0 Å². The Bertz CT molecular complexity index is 1170. The molecule has 0 aromatic heterocycles. The quantitative estimate of drug-likeness (QED) is 0.158. The number of carbonyl (C=O) groups is 2.